The van der Waals surface area contributed by atoms with Crippen LogP contribution >= 0.6 is 0 Å². The first kappa shape index (κ1) is 17.5. The van der Waals surface area contributed by atoms with Gasteiger partial charge in [0.25, 0.3) is 0 Å². The van der Waals surface area contributed by atoms with E-state index in [1.807, 2.05) is 13.0 Å². The van der Waals surface area contributed by atoms with E-state index in [0.717, 1.165) is 5.57 Å². The Bertz CT molecular complexity index is 1020. The lowest BCUT2D eigenvalue weighted by atomic mass is 9.76. The first-order valence-corrected chi connectivity index (χ1v) is 8.84. The minimum Gasteiger partial charge on any atom is -0.496 e. The third-order valence-electron chi connectivity index (χ3n) is 5.43. The molecule has 2 aromatic rings. The minimum atomic E-state index is -0.825. The number of allylic oxidation sites excluding steroid dienone is 1. The molecule has 0 aliphatic heterocycles. The first-order chi connectivity index (χ1) is 13.0. The fourth-order valence-corrected chi connectivity index (χ4v) is 4.19. The first-order valence-electron chi connectivity index (χ1n) is 8.84. The quantitative estimate of drug-likeness (QED) is 0.706. The smallest absolute Gasteiger partial charge is 0.198 e. The van der Waals surface area contributed by atoms with Crippen LogP contribution in [0.3, 0.4) is 0 Å². The van der Waals surface area contributed by atoms with Gasteiger partial charge in [0.1, 0.15) is 11.5 Å². The Labute approximate surface area is 157 Å². The van der Waals surface area contributed by atoms with Crippen LogP contribution < -0.4 is 9.47 Å². The summed E-state index contributed by atoms with van der Waals surface area (Å²) >= 11 is 0. The fourth-order valence-electron chi connectivity index (χ4n) is 4.19. The summed E-state index contributed by atoms with van der Waals surface area (Å²) in [7, 11) is 2.94. The van der Waals surface area contributed by atoms with Gasteiger partial charge in [-0.1, -0.05) is 35.9 Å². The molecule has 0 radical (unpaired) electrons. The van der Waals surface area contributed by atoms with Gasteiger partial charge in [0.15, 0.2) is 11.6 Å². The maximum atomic E-state index is 13.3. The number of fused-ring (bicyclic) bond motifs is 3. The number of aliphatic hydroxyl groups is 1. The molecule has 2 aliphatic rings. The number of rotatable bonds is 2. The van der Waals surface area contributed by atoms with E-state index in [4.69, 9.17) is 9.47 Å². The van der Waals surface area contributed by atoms with Gasteiger partial charge in [0.05, 0.1) is 31.5 Å². The predicted molar refractivity (Wildman–Crippen MR) is 99.9 cm³/mol. The summed E-state index contributed by atoms with van der Waals surface area (Å²) in [6.07, 6.45) is 2.13. The monoisotopic (exact) mass is 364 g/mol. The molecule has 0 aromatic heterocycles. The molecule has 0 spiro atoms. The van der Waals surface area contributed by atoms with E-state index in [1.165, 1.54) is 14.2 Å². The van der Waals surface area contributed by atoms with Crippen LogP contribution in [0.25, 0.3) is 0 Å². The van der Waals surface area contributed by atoms with Gasteiger partial charge >= 0.3 is 0 Å². The SMILES string of the molecule is C/C=C1\Cc2c(OC)c3c(c(OC)c2[C@H](O)C1)C(=O)c1ccccc1C3=O. The van der Waals surface area contributed by atoms with Crippen LogP contribution in [0.1, 0.15) is 62.4 Å². The van der Waals surface area contributed by atoms with Crippen molar-refractivity contribution in [2.75, 3.05) is 14.2 Å². The topological polar surface area (TPSA) is 72.8 Å². The summed E-state index contributed by atoms with van der Waals surface area (Å²) in [4.78, 5) is 26.5. The third kappa shape index (κ3) is 2.35. The molecule has 1 atom stereocenters. The summed E-state index contributed by atoms with van der Waals surface area (Å²) in [6, 6.07) is 6.75. The molecule has 0 saturated heterocycles. The van der Waals surface area contributed by atoms with Crippen LogP contribution in [0, 0.1) is 0 Å². The highest BCUT2D eigenvalue weighted by atomic mass is 16.5. The molecule has 5 nitrogen and oxygen atoms in total. The molecule has 0 fully saturated rings. The van der Waals surface area contributed by atoms with Crippen molar-refractivity contribution in [1.29, 1.82) is 0 Å². The summed E-state index contributed by atoms with van der Waals surface area (Å²) < 4.78 is 11.2. The van der Waals surface area contributed by atoms with Gasteiger partial charge in [-0.05, 0) is 19.8 Å². The lowest BCUT2D eigenvalue weighted by Crippen LogP contribution is -2.26. The van der Waals surface area contributed by atoms with Gasteiger partial charge in [-0.25, -0.2) is 0 Å². The highest BCUT2D eigenvalue weighted by Gasteiger charge is 2.41. The zero-order chi connectivity index (χ0) is 19.3. The van der Waals surface area contributed by atoms with Crippen molar-refractivity contribution < 1.29 is 24.2 Å². The van der Waals surface area contributed by atoms with E-state index in [9.17, 15) is 14.7 Å². The predicted octanol–water partition coefficient (Wildman–Crippen LogP) is 3.41. The number of carbonyl (C=O) groups is 2. The lowest BCUT2D eigenvalue weighted by Gasteiger charge is -2.31. The lowest BCUT2D eigenvalue weighted by molar-refractivity contribution is 0.0971. The molecule has 0 amide bonds. The maximum Gasteiger partial charge on any atom is 0.198 e. The van der Waals surface area contributed by atoms with Crippen molar-refractivity contribution >= 4 is 11.6 Å². The van der Waals surface area contributed by atoms with Crippen molar-refractivity contribution in [1.82, 2.24) is 0 Å². The van der Waals surface area contributed by atoms with Crippen LogP contribution in [-0.4, -0.2) is 30.9 Å². The van der Waals surface area contributed by atoms with Crippen molar-refractivity contribution in [2.24, 2.45) is 0 Å². The van der Waals surface area contributed by atoms with Gasteiger partial charge in [-0.2, -0.15) is 0 Å². The van der Waals surface area contributed by atoms with Gasteiger partial charge in [-0.3, -0.25) is 9.59 Å². The van der Waals surface area contributed by atoms with E-state index >= 15 is 0 Å². The number of aliphatic hydroxyl groups excluding tert-OH is 1. The average Bonchev–Trinajstić information content (AvgIpc) is 2.69. The zero-order valence-corrected chi connectivity index (χ0v) is 15.5. The van der Waals surface area contributed by atoms with Crippen LogP contribution in [0.2, 0.25) is 0 Å². The molecule has 0 unspecified atom stereocenters. The normalized spacial score (nSPS) is 19.4. The second kappa shape index (κ2) is 6.35. The molecule has 0 saturated carbocycles. The standard InChI is InChI=1S/C22H20O5/c1-4-11-9-14-16(15(23)10-11)22(27-3)18-17(21(14)26-2)19(24)12-7-5-6-8-13(12)20(18)25/h4-8,15,23H,9-10H2,1-3H3/b11-4+/t15-/m1/s1. The third-order valence-corrected chi connectivity index (χ3v) is 5.43. The number of hydrogen-bond donors (Lipinski definition) is 1. The van der Waals surface area contributed by atoms with Crippen molar-refractivity contribution in [3.8, 4) is 11.5 Å². The summed E-state index contributed by atoms with van der Waals surface area (Å²) in [5.74, 6) is 0.0745. The Morgan fingerprint density at radius 3 is 2.07 bits per heavy atom. The van der Waals surface area contributed by atoms with Gasteiger partial charge in [0, 0.05) is 22.3 Å². The Hall–Kier alpha value is -2.92. The van der Waals surface area contributed by atoms with Crippen molar-refractivity contribution in [2.45, 2.75) is 25.9 Å². The van der Waals surface area contributed by atoms with Crippen LogP contribution in [0.15, 0.2) is 35.9 Å². The fraction of sp³-hybridized carbons (Fsp3) is 0.273. The number of methoxy groups -OCH3 is 2. The molecular weight excluding hydrogens is 344 g/mol. The van der Waals surface area contributed by atoms with Crippen LogP contribution in [-0.2, 0) is 6.42 Å². The van der Waals surface area contributed by atoms with Gasteiger partial charge < -0.3 is 14.6 Å². The number of ketones is 2. The summed E-state index contributed by atoms with van der Waals surface area (Å²) in [6.45, 7) is 1.92. The number of carbonyl (C=O) groups excluding carboxylic acids is 2. The summed E-state index contributed by atoms with van der Waals surface area (Å²) in [5, 5.41) is 10.8. The highest BCUT2D eigenvalue weighted by molar-refractivity contribution is 6.30. The number of benzene rings is 2. The zero-order valence-electron chi connectivity index (χ0n) is 15.5. The van der Waals surface area contributed by atoms with Gasteiger partial charge in [0.2, 0.25) is 0 Å². The molecule has 2 aliphatic carbocycles. The largest absolute Gasteiger partial charge is 0.496 e. The average molecular weight is 364 g/mol. The van der Waals surface area contributed by atoms with E-state index in [0.29, 0.717) is 40.8 Å². The molecule has 5 heteroatoms. The molecule has 0 bridgehead atoms. The Kier molecular flexibility index (Phi) is 4.12. The molecule has 1 N–H and O–H groups in total. The Morgan fingerprint density at radius 2 is 1.56 bits per heavy atom. The second-order valence-corrected chi connectivity index (χ2v) is 6.76. The van der Waals surface area contributed by atoms with Gasteiger partial charge in [-0.15, -0.1) is 0 Å². The molecule has 0 heterocycles. The van der Waals surface area contributed by atoms with E-state index in [2.05, 4.69) is 0 Å². The van der Waals surface area contributed by atoms with Crippen molar-refractivity contribution in [3.05, 3.63) is 69.3 Å². The summed E-state index contributed by atoms with van der Waals surface area (Å²) in [5.41, 5.74) is 3.40. The second-order valence-electron chi connectivity index (χ2n) is 6.76. The minimum absolute atomic E-state index is 0.180. The van der Waals surface area contributed by atoms with Crippen LogP contribution in [0.5, 0.6) is 11.5 Å². The van der Waals surface area contributed by atoms with E-state index in [-0.39, 0.29) is 28.4 Å². The Balaban J connectivity index is 2.12. The molecule has 138 valence electrons. The molecular formula is C22H20O5. The number of hydrogen-bond acceptors (Lipinski definition) is 5. The van der Waals surface area contributed by atoms with E-state index < -0.39 is 6.10 Å². The van der Waals surface area contributed by atoms with E-state index in [1.54, 1.807) is 24.3 Å². The molecule has 27 heavy (non-hydrogen) atoms. The number of ether oxygens (including phenoxy) is 2. The maximum absolute atomic E-state index is 13.3. The highest BCUT2D eigenvalue weighted by Crippen LogP contribution is 2.49. The Morgan fingerprint density at radius 1 is 1.00 bits per heavy atom. The molecule has 2 aromatic carbocycles. The van der Waals surface area contributed by atoms with Crippen LogP contribution in [0.4, 0.5) is 0 Å². The van der Waals surface area contributed by atoms with Crippen molar-refractivity contribution in [3.63, 3.8) is 0 Å². The molecule has 4 rings (SSSR count).